The van der Waals surface area contributed by atoms with E-state index in [0.717, 1.165) is 18.3 Å². The fraction of sp³-hybridized carbons (Fsp3) is 0.833. The zero-order chi connectivity index (χ0) is 11.8. The Morgan fingerprint density at radius 1 is 1.44 bits per heavy atom. The Kier molecular flexibility index (Phi) is 3.02. The molecule has 90 valence electrons. The summed E-state index contributed by atoms with van der Waals surface area (Å²) in [5.74, 6) is 1.87. The minimum absolute atomic E-state index is 0.193. The minimum Gasteiger partial charge on any atom is -0.338 e. The first-order chi connectivity index (χ1) is 7.50. The van der Waals surface area contributed by atoms with E-state index >= 15 is 0 Å². The first-order valence-electron chi connectivity index (χ1n) is 6.07. The topological polar surface area (TPSA) is 51.0 Å². The fourth-order valence-electron chi connectivity index (χ4n) is 2.23. The quantitative estimate of drug-likeness (QED) is 0.837. The van der Waals surface area contributed by atoms with E-state index in [9.17, 15) is 0 Å². The van der Waals surface area contributed by atoms with Crippen LogP contribution in [0.1, 0.15) is 64.2 Å². The fourth-order valence-corrected chi connectivity index (χ4v) is 2.23. The molecule has 2 rings (SSSR count). The molecule has 1 aromatic rings. The van der Waals surface area contributed by atoms with Crippen molar-refractivity contribution in [3.63, 3.8) is 0 Å². The normalized spacial score (nSPS) is 24.9. The molecule has 1 fully saturated rings. The van der Waals surface area contributed by atoms with Crippen molar-refractivity contribution in [1.29, 1.82) is 0 Å². The van der Waals surface area contributed by atoms with E-state index in [4.69, 9.17) is 4.52 Å². The highest BCUT2D eigenvalue weighted by Crippen LogP contribution is 2.39. The lowest BCUT2D eigenvalue weighted by molar-refractivity contribution is 0.146. The van der Waals surface area contributed by atoms with Crippen LogP contribution in [0.15, 0.2) is 4.52 Å². The molecule has 0 saturated carbocycles. The van der Waals surface area contributed by atoms with E-state index in [0.29, 0.717) is 5.92 Å². The minimum atomic E-state index is 0.193. The van der Waals surface area contributed by atoms with Gasteiger partial charge in [-0.15, -0.1) is 0 Å². The van der Waals surface area contributed by atoms with E-state index in [1.807, 2.05) is 0 Å². The summed E-state index contributed by atoms with van der Waals surface area (Å²) < 4.78 is 5.38. The lowest BCUT2D eigenvalue weighted by atomic mass is 9.77. The number of hydrogen-bond donors (Lipinski definition) is 1. The Bertz CT molecular complexity index is 357. The van der Waals surface area contributed by atoms with Crippen LogP contribution in [0.4, 0.5) is 0 Å². The Morgan fingerprint density at radius 3 is 2.75 bits per heavy atom. The van der Waals surface area contributed by atoms with Crippen molar-refractivity contribution in [2.45, 2.75) is 52.5 Å². The Morgan fingerprint density at radius 2 is 2.19 bits per heavy atom. The summed E-state index contributed by atoms with van der Waals surface area (Å²) in [6, 6.07) is 0.196. The molecule has 0 amide bonds. The number of aromatic nitrogens is 2. The van der Waals surface area contributed by atoms with Gasteiger partial charge in [0.05, 0.1) is 6.04 Å². The van der Waals surface area contributed by atoms with Crippen LogP contribution >= 0.6 is 0 Å². The van der Waals surface area contributed by atoms with Crippen molar-refractivity contribution in [1.82, 2.24) is 15.5 Å². The molecule has 0 aromatic carbocycles. The zero-order valence-corrected chi connectivity index (χ0v) is 10.6. The molecule has 4 nitrogen and oxygen atoms in total. The molecule has 1 atom stereocenters. The van der Waals surface area contributed by atoms with Gasteiger partial charge >= 0.3 is 0 Å². The van der Waals surface area contributed by atoms with Gasteiger partial charge in [-0.3, -0.25) is 0 Å². The summed E-state index contributed by atoms with van der Waals surface area (Å²) in [4.78, 5) is 4.49. The van der Waals surface area contributed by atoms with Gasteiger partial charge < -0.3 is 9.84 Å². The molecule has 0 bridgehead atoms. The molecule has 2 heterocycles. The second-order valence-corrected chi connectivity index (χ2v) is 5.62. The highest BCUT2D eigenvalue weighted by Gasteiger charge is 2.37. The molecule has 1 aliphatic rings. The Balaban J connectivity index is 2.21. The van der Waals surface area contributed by atoms with E-state index in [1.54, 1.807) is 0 Å². The standard InChI is InChI=1S/C12H21N3O/c1-8(2)10-14-11(16-15-10)9-12(3,4)6-5-7-13-9/h8-9,13H,5-7H2,1-4H3. The van der Waals surface area contributed by atoms with E-state index in [-0.39, 0.29) is 11.5 Å². The molecule has 1 saturated heterocycles. The summed E-state index contributed by atoms with van der Waals surface area (Å²) in [5.41, 5.74) is 0.193. The van der Waals surface area contributed by atoms with Crippen LogP contribution < -0.4 is 5.32 Å². The van der Waals surface area contributed by atoms with Crippen LogP contribution in [-0.2, 0) is 0 Å². The smallest absolute Gasteiger partial charge is 0.244 e. The average molecular weight is 223 g/mol. The third-order valence-corrected chi connectivity index (χ3v) is 3.35. The monoisotopic (exact) mass is 223 g/mol. The molecule has 1 unspecified atom stereocenters. The Hall–Kier alpha value is -0.900. The number of nitrogens with zero attached hydrogens (tertiary/aromatic N) is 2. The van der Waals surface area contributed by atoms with Gasteiger partial charge in [-0.1, -0.05) is 32.9 Å². The van der Waals surface area contributed by atoms with Crippen molar-refractivity contribution >= 4 is 0 Å². The summed E-state index contributed by atoms with van der Waals surface area (Å²) in [6.45, 7) is 9.70. The predicted octanol–water partition coefficient (Wildman–Crippen LogP) is 2.64. The largest absolute Gasteiger partial charge is 0.338 e. The van der Waals surface area contributed by atoms with E-state index in [2.05, 4.69) is 43.2 Å². The maximum atomic E-state index is 5.38. The van der Waals surface area contributed by atoms with Gasteiger partial charge in [0.15, 0.2) is 5.82 Å². The first kappa shape index (κ1) is 11.6. The van der Waals surface area contributed by atoms with Gasteiger partial charge in [-0.2, -0.15) is 4.98 Å². The second-order valence-electron chi connectivity index (χ2n) is 5.62. The molecule has 0 radical (unpaired) electrons. The summed E-state index contributed by atoms with van der Waals surface area (Å²) in [5, 5.41) is 7.51. The van der Waals surface area contributed by atoms with Crippen molar-refractivity contribution in [2.24, 2.45) is 5.41 Å². The molecule has 1 aliphatic heterocycles. The van der Waals surface area contributed by atoms with E-state index < -0.39 is 0 Å². The zero-order valence-electron chi connectivity index (χ0n) is 10.6. The molecule has 1 aromatic heterocycles. The molecule has 0 aliphatic carbocycles. The summed E-state index contributed by atoms with van der Waals surface area (Å²) >= 11 is 0. The first-order valence-corrected chi connectivity index (χ1v) is 6.07. The van der Waals surface area contributed by atoms with Crippen LogP contribution in [0.5, 0.6) is 0 Å². The lowest BCUT2D eigenvalue weighted by Gasteiger charge is -2.36. The third kappa shape index (κ3) is 2.12. The molecule has 4 heteroatoms. The van der Waals surface area contributed by atoms with Crippen molar-refractivity contribution in [3.05, 3.63) is 11.7 Å². The van der Waals surface area contributed by atoms with E-state index in [1.165, 1.54) is 12.8 Å². The SMILES string of the molecule is CC(C)c1noc(C2NCCCC2(C)C)n1. The van der Waals surface area contributed by atoms with Gasteiger partial charge in [0.1, 0.15) is 0 Å². The van der Waals surface area contributed by atoms with Gasteiger partial charge in [0, 0.05) is 5.92 Å². The summed E-state index contributed by atoms with van der Waals surface area (Å²) in [6.07, 6.45) is 2.42. The van der Waals surface area contributed by atoms with Gasteiger partial charge in [-0.25, -0.2) is 0 Å². The Labute approximate surface area is 96.8 Å². The van der Waals surface area contributed by atoms with Gasteiger partial charge in [-0.05, 0) is 24.8 Å². The summed E-state index contributed by atoms with van der Waals surface area (Å²) in [7, 11) is 0. The van der Waals surface area contributed by atoms with Gasteiger partial charge in [0.25, 0.3) is 0 Å². The van der Waals surface area contributed by atoms with Gasteiger partial charge in [0.2, 0.25) is 5.89 Å². The van der Waals surface area contributed by atoms with Crippen LogP contribution in [0, 0.1) is 5.41 Å². The number of nitrogens with one attached hydrogen (secondary N) is 1. The average Bonchev–Trinajstić information content (AvgIpc) is 2.65. The lowest BCUT2D eigenvalue weighted by Crippen LogP contribution is -2.39. The van der Waals surface area contributed by atoms with Crippen molar-refractivity contribution < 1.29 is 4.52 Å². The molecule has 0 spiro atoms. The molecule has 1 N–H and O–H groups in total. The van der Waals surface area contributed by atoms with Crippen LogP contribution in [0.3, 0.4) is 0 Å². The highest BCUT2D eigenvalue weighted by molar-refractivity contribution is 5.02. The maximum absolute atomic E-state index is 5.38. The van der Waals surface area contributed by atoms with Crippen LogP contribution in [0.25, 0.3) is 0 Å². The predicted molar refractivity (Wildman–Crippen MR) is 62.1 cm³/mol. The molecular weight excluding hydrogens is 202 g/mol. The van der Waals surface area contributed by atoms with Crippen LogP contribution in [-0.4, -0.2) is 16.7 Å². The highest BCUT2D eigenvalue weighted by atomic mass is 16.5. The number of hydrogen-bond acceptors (Lipinski definition) is 4. The number of piperidine rings is 1. The van der Waals surface area contributed by atoms with Crippen LogP contribution in [0.2, 0.25) is 0 Å². The van der Waals surface area contributed by atoms with Crippen molar-refractivity contribution in [2.75, 3.05) is 6.54 Å². The third-order valence-electron chi connectivity index (χ3n) is 3.35. The second kappa shape index (κ2) is 4.17. The number of rotatable bonds is 2. The maximum Gasteiger partial charge on any atom is 0.244 e. The molecule has 16 heavy (non-hydrogen) atoms. The molecular formula is C12H21N3O. The van der Waals surface area contributed by atoms with Crippen molar-refractivity contribution in [3.8, 4) is 0 Å².